The Balaban J connectivity index is 1.71. The predicted octanol–water partition coefficient (Wildman–Crippen LogP) is 4.38. The summed E-state index contributed by atoms with van der Waals surface area (Å²) in [4.78, 5) is 15.4. The third-order valence-corrected chi connectivity index (χ3v) is 5.86. The van der Waals surface area contributed by atoms with Crippen molar-refractivity contribution < 1.29 is 4.79 Å². The Bertz CT molecular complexity index is 675. The fraction of sp³-hybridized carbons (Fsp3) is 0.476. The molecule has 3 nitrogen and oxygen atoms in total. The summed E-state index contributed by atoms with van der Waals surface area (Å²) in [5.41, 5.74) is 3.59. The van der Waals surface area contributed by atoms with Gasteiger partial charge in [0.15, 0.2) is 0 Å². The number of carbonyl (C=O) groups excluding carboxylic acids is 1. The number of aryl methyl sites for hydroxylation is 1. The molecule has 25 heavy (non-hydrogen) atoms. The van der Waals surface area contributed by atoms with Gasteiger partial charge in [-0.15, -0.1) is 0 Å². The van der Waals surface area contributed by atoms with Gasteiger partial charge in [-0.25, -0.2) is 0 Å². The zero-order valence-corrected chi connectivity index (χ0v) is 16.0. The molecule has 3 rings (SSSR count). The highest BCUT2D eigenvalue weighted by atomic mass is 32.1. The Morgan fingerprint density at radius 3 is 2.68 bits per heavy atom. The highest BCUT2D eigenvalue weighted by Gasteiger charge is 2.27. The van der Waals surface area contributed by atoms with Crippen LogP contribution in [0.15, 0.2) is 41.1 Å². The second-order valence-electron chi connectivity index (χ2n) is 6.97. The number of nitrogens with one attached hydrogen (secondary N) is 1. The van der Waals surface area contributed by atoms with E-state index in [1.165, 1.54) is 23.1 Å². The highest BCUT2D eigenvalue weighted by molar-refractivity contribution is 7.08. The van der Waals surface area contributed by atoms with Crippen molar-refractivity contribution in [3.63, 3.8) is 0 Å². The number of likely N-dealkylation sites (tertiary alicyclic amines) is 1. The van der Waals surface area contributed by atoms with Crippen LogP contribution in [0.2, 0.25) is 0 Å². The molecule has 1 aliphatic heterocycles. The lowest BCUT2D eigenvalue weighted by atomic mass is 9.93. The van der Waals surface area contributed by atoms with E-state index in [-0.39, 0.29) is 17.9 Å². The summed E-state index contributed by atoms with van der Waals surface area (Å²) in [6.07, 6.45) is 3.12. The van der Waals surface area contributed by atoms with Gasteiger partial charge in [-0.2, -0.15) is 11.3 Å². The minimum absolute atomic E-state index is 0.0476. The lowest BCUT2D eigenvalue weighted by Gasteiger charge is -2.32. The van der Waals surface area contributed by atoms with E-state index in [1.54, 1.807) is 11.3 Å². The van der Waals surface area contributed by atoms with Crippen LogP contribution in [0, 0.1) is 12.8 Å². The molecule has 1 aliphatic rings. The molecule has 0 saturated carbocycles. The van der Waals surface area contributed by atoms with Crippen LogP contribution in [0.5, 0.6) is 0 Å². The normalized spacial score (nSPS) is 17.4. The number of hydrogen-bond donors (Lipinski definition) is 1. The Kier molecular flexibility index (Phi) is 6.27. The number of amides is 1. The van der Waals surface area contributed by atoms with Crippen molar-refractivity contribution in [1.82, 2.24) is 10.2 Å². The highest BCUT2D eigenvalue weighted by Crippen LogP contribution is 2.28. The van der Waals surface area contributed by atoms with E-state index in [4.69, 9.17) is 0 Å². The molecule has 1 unspecified atom stereocenters. The first-order valence-electron chi connectivity index (χ1n) is 9.29. The molecule has 1 atom stereocenters. The molecular weight excluding hydrogens is 328 g/mol. The van der Waals surface area contributed by atoms with Gasteiger partial charge in [0, 0.05) is 5.92 Å². The molecule has 1 aromatic carbocycles. The number of thiophene rings is 1. The van der Waals surface area contributed by atoms with Crippen LogP contribution in [-0.2, 0) is 4.79 Å². The van der Waals surface area contributed by atoms with E-state index in [2.05, 4.69) is 65.2 Å². The SMILES string of the molecule is CCCN1CCC(C(=O)NC(c2ccsc2)c2ccccc2C)CC1. The third-order valence-electron chi connectivity index (χ3n) is 5.16. The zero-order valence-electron chi connectivity index (χ0n) is 15.2. The van der Waals surface area contributed by atoms with Gasteiger partial charge in [0.2, 0.25) is 5.91 Å². The van der Waals surface area contributed by atoms with Gasteiger partial charge in [0.25, 0.3) is 0 Å². The number of carbonyl (C=O) groups is 1. The monoisotopic (exact) mass is 356 g/mol. The van der Waals surface area contributed by atoms with E-state index in [1.807, 2.05) is 0 Å². The molecule has 0 aliphatic carbocycles. The second-order valence-corrected chi connectivity index (χ2v) is 7.75. The molecule has 1 aromatic heterocycles. The van der Waals surface area contributed by atoms with Crippen molar-refractivity contribution in [1.29, 1.82) is 0 Å². The Morgan fingerprint density at radius 1 is 1.28 bits per heavy atom. The largest absolute Gasteiger partial charge is 0.345 e. The van der Waals surface area contributed by atoms with Gasteiger partial charge in [0.05, 0.1) is 6.04 Å². The number of rotatable bonds is 6. The topological polar surface area (TPSA) is 32.3 Å². The lowest BCUT2D eigenvalue weighted by Crippen LogP contribution is -2.42. The minimum Gasteiger partial charge on any atom is -0.345 e. The van der Waals surface area contributed by atoms with Crippen LogP contribution in [-0.4, -0.2) is 30.4 Å². The summed E-state index contributed by atoms with van der Waals surface area (Å²) in [6.45, 7) is 7.56. The van der Waals surface area contributed by atoms with E-state index in [9.17, 15) is 4.79 Å². The van der Waals surface area contributed by atoms with Gasteiger partial charge in [-0.1, -0.05) is 31.2 Å². The molecule has 2 heterocycles. The fourth-order valence-electron chi connectivity index (χ4n) is 3.69. The molecule has 4 heteroatoms. The van der Waals surface area contributed by atoms with Crippen LogP contribution in [0.25, 0.3) is 0 Å². The van der Waals surface area contributed by atoms with Gasteiger partial charge in [-0.05, 0) is 79.3 Å². The number of piperidine rings is 1. The lowest BCUT2D eigenvalue weighted by molar-refractivity contribution is -0.127. The Labute approximate surface area is 155 Å². The van der Waals surface area contributed by atoms with Crippen LogP contribution in [0.3, 0.4) is 0 Å². The quantitative estimate of drug-likeness (QED) is 0.833. The number of nitrogens with zero attached hydrogens (tertiary/aromatic N) is 1. The third kappa shape index (κ3) is 4.50. The molecule has 0 radical (unpaired) electrons. The summed E-state index contributed by atoms with van der Waals surface area (Å²) < 4.78 is 0. The predicted molar refractivity (Wildman–Crippen MR) is 105 cm³/mol. The van der Waals surface area contributed by atoms with E-state index in [0.717, 1.165) is 32.5 Å². The zero-order chi connectivity index (χ0) is 17.6. The maximum absolute atomic E-state index is 12.9. The average molecular weight is 357 g/mol. The second kappa shape index (κ2) is 8.63. The molecule has 0 spiro atoms. The fourth-order valence-corrected chi connectivity index (χ4v) is 4.37. The van der Waals surface area contributed by atoms with Crippen molar-refractivity contribution in [2.24, 2.45) is 5.92 Å². The van der Waals surface area contributed by atoms with E-state index in [0.29, 0.717) is 0 Å². The van der Waals surface area contributed by atoms with Crippen molar-refractivity contribution in [3.05, 3.63) is 57.8 Å². The number of benzene rings is 1. The van der Waals surface area contributed by atoms with Crippen LogP contribution in [0.4, 0.5) is 0 Å². The Morgan fingerprint density at radius 2 is 2.04 bits per heavy atom. The van der Waals surface area contributed by atoms with Gasteiger partial charge in [-0.3, -0.25) is 4.79 Å². The first-order valence-corrected chi connectivity index (χ1v) is 10.2. The Hall–Kier alpha value is -1.65. The summed E-state index contributed by atoms with van der Waals surface area (Å²) in [7, 11) is 0. The van der Waals surface area contributed by atoms with Crippen LogP contribution in [0.1, 0.15) is 48.9 Å². The first kappa shape index (κ1) is 18.2. The molecule has 1 saturated heterocycles. The van der Waals surface area contributed by atoms with Crippen molar-refractivity contribution >= 4 is 17.2 Å². The van der Waals surface area contributed by atoms with Crippen LogP contribution < -0.4 is 5.32 Å². The van der Waals surface area contributed by atoms with E-state index < -0.39 is 0 Å². The average Bonchev–Trinajstić information content (AvgIpc) is 3.15. The molecule has 1 amide bonds. The summed E-state index contributed by atoms with van der Waals surface area (Å²) in [6, 6.07) is 10.4. The molecule has 1 N–H and O–H groups in total. The van der Waals surface area contributed by atoms with Crippen molar-refractivity contribution in [2.75, 3.05) is 19.6 Å². The maximum Gasteiger partial charge on any atom is 0.223 e. The standard InChI is InChI=1S/C21H28N2OS/c1-3-11-23-12-8-17(9-13-23)21(24)22-20(18-10-14-25-15-18)19-7-5-4-6-16(19)2/h4-7,10,14-15,17,20H,3,8-9,11-13H2,1-2H3,(H,22,24). The molecule has 2 aromatic rings. The van der Waals surface area contributed by atoms with Gasteiger partial charge in [0.1, 0.15) is 0 Å². The summed E-state index contributed by atoms with van der Waals surface area (Å²) in [5, 5.41) is 7.56. The van der Waals surface area contributed by atoms with Crippen molar-refractivity contribution in [3.8, 4) is 0 Å². The van der Waals surface area contributed by atoms with Crippen LogP contribution >= 0.6 is 11.3 Å². The maximum atomic E-state index is 12.9. The number of hydrogen-bond acceptors (Lipinski definition) is 3. The summed E-state index contributed by atoms with van der Waals surface area (Å²) in [5.74, 6) is 0.342. The van der Waals surface area contributed by atoms with Crippen molar-refractivity contribution in [2.45, 2.75) is 39.2 Å². The molecular formula is C21H28N2OS. The molecule has 134 valence electrons. The molecule has 0 bridgehead atoms. The summed E-state index contributed by atoms with van der Waals surface area (Å²) >= 11 is 1.68. The minimum atomic E-state index is -0.0476. The van der Waals surface area contributed by atoms with E-state index >= 15 is 0 Å². The first-order chi connectivity index (χ1) is 12.2. The molecule has 1 fully saturated rings. The smallest absolute Gasteiger partial charge is 0.223 e. The van der Waals surface area contributed by atoms with Gasteiger partial charge >= 0.3 is 0 Å². The van der Waals surface area contributed by atoms with Gasteiger partial charge < -0.3 is 10.2 Å².